The Bertz CT molecular complexity index is 392. The molecule has 0 radical (unpaired) electrons. The van der Waals surface area contributed by atoms with Crippen LogP contribution in [0.2, 0.25) is 10.0 Å². The molecule has 1 saturated heterocycles. The average molecular weight is 261 g/mol. The van der Waals surface area contributed by atoms with Gasteiger partial charge in [-0.05, 0) is 24.1 Å². The summed E-state index contributed by atoms with van der Waals surface area (Å²) in [4.78, 5) is 11.5. The zero-order valence-corrected chi connectivity index (χ0v) is 10.3. The quantitative estimate of drug-likeness (QED) is 0.810. The third-order valence-electron chi connectivity index (χ3n) is 2.48. The molecule has 15 heavy (non-hydrogen) atoms. The fraction of sp³-hybridized carbons (Fsp3) is 0.364. The number of benzene rings is 1. The Balaban J connectivity index is 2.10. The number of carbonyl (C=O) groups excluding carboxylic acids is 1. The number of rotatable bonds is 2. The van der Waals surface area contributed by atoms with Crippen molar-refractivity contribution in [2.75, 3.05) is 11.5 Å². The second-order valence-corrected chi connectivity index (χ2v) is 5.48. The van der Waals surface area contributed by atoms with E-state index in [2.05, 4.69) is 0 Å². The van der Waals surface area contributed by atoms with Crippen molar-refractivity contribution in [2.45, 2.75) is 6.42 Å². The molecule has 0 aromatic heterocycles. The van der Waals surface area contributed by atoms with E-state index in [4.69, 9.17) is 23.2 Å². The number of ketones is 1. The molecule has 0 N–H and O–H groups in total. The predicted molar refractivity (Wildman–Crippen MR) is 66.0 cm³/mol. The maximum Gasteiger partial charge on any atom is 0.146 e. The third kappa shape index (κ3) is 2.68. The maximum atomic E-state index is 11.5. The van der Waals surface area contributed by atoms with E-state index in [0.717, 1.165) is 17.7 Å². The largest absolute Gasteiger partial charge is 0.298 e. The van der Waals surface area contributed by atoms with Gasteiger partial charge in [-0.15, -0.1) is 0 Å². The van der Waals surface area contributed by atoms with Gasteiger partial charge in [0.25, 0.3) is 0 Å². The summed E-state index contributed by atoms with van der Waals surface area (Å²) >= 11 is 13.4. The summed E-state index contributed by atoms with van der Waals surface area (Å²) in [6.45, 7) is 0. The van der Waals surface area contributed by atoms with Gasteiger partial charge in [0.15, 0.2) is 0 Å². The van der Waals surface area contributed by atoms with Gasteiger partial charge in [-0.3, -0.25) is 4.79 Å². The molecule has 1 heterocycles. The highest BCUT2D eigenvalue weighted by molar-refractivity contribution is 8.00. The van der Waals surface area contributed by atoms with Gasteiger partial charge in [0.05, 0.1) is 15.8 Å². The highest BCUT2D eigenvalue weighted by Gasteiger charge is 2.24. The number of hydrogen-bond acceptors (Lipinski definition) is 2. The van der Waals surface area contributed by atoms with Gasteiger partial charge in [-0.2, -0.15) is 11.8 Å². The number of thioether (sulfide) groups is 1. The fourth-order valence-electron chi connectivity index (χ4n) is 1.64. The first-order valence-electron chi connectivity index (χ1n) is 4.71. The van der Waals surface area contributed by atoms with E-state index in [-0.39, 0.29) is 5.92 Å². The summed E-state index contributed by atoms with van der Waals surface area (Å²) in [7, 11) is 0. The summed E-state index contributed by atoms with van der Waals surface area (Å²) in [5, 5.41) is 1.12. The van der Waals surface area contributed by atoms with Crippen LogP contribution in [-0.2, 0) is 11.2 Å². The molecule has 0 amide bonds. The number of carbonyl (C=O) groups is 1. The van der Waals surface area contributed by atoms with Crippen molar-refractivity contribution >= 4 is 40.7 Å². The Morgan fingerprint density at radius 1 is 1.33 bits per heavy atom. The Kier molecular flexibility index (Phi) is 3.60. The molecule has 2 rings (SSSR count). The fourth-order valence-corrected chi connectivity index (χ4v) is 3.10. The molecule has 80 valence electrons. The molecule has 1 fully saturated rings. The van der Waals surface area contributed by atoms with E-state index in [9.17, 15) is 4.79 Å². The van der Waals surface area contributed by atoms with E-state index in [1.807, 2.05) is 12.1 Å². The number of halogens is 2. The van der Waals surface area contributed by atoms with E-state index in [1.165, 1.54) is 0 Å². The third-order valence-corrected chi connectivity index (χ3v) is 4.35. The van der Waals surface area contributed by atoms with Crippen molar-refractivity contribution in [1.29, 1.82) is 0 Å². The SMILES string of the molecule is O=C1CSCC1Cc1ccc(Cl)c(Cl)c1. The summed E-state index contributed by atoms with van der Waals surface area (Å²) in [6, 6.07) is 5.57. The van der Waals surface area contributed by atoms with Crippen molar-refractivity contribution in [2.24, 2.45) is 5.92 Å². The first-order chi connectivity index (χ1) is 7.16. The molecular formula is C11H10Cl2OS. The van der Waals surface area contributed by atoms with Crippen molar-refractivity contribution < 1.29 is 4.79 Å². The molecule has 1 aliphatic rings. The summed E-state index contributed by atoms with van der Waals surface area (Å²) in [5.41, 5.74) is 1.09. The Morgan fingerprint density at radius 2 is 2.13 bits per heavy atom. The Morgan fingerprint density at radius 3 is 2.73 bits per heavy atom. The first-order valence-corrected chi connectivity index (χ1v) is 6.62. The van der Waals surface area contributed by atoms with Crippen LogP contribution in [0.4, 0.5) is 0 Å². The second kappa shape index (κ2) is 4.77. The van der Waals surface area contributed by atoms with Gasteiger partial charge in [0.1, 0.15) is 5.78 Å². The van der Waals surface area contributed by atoms with Crippen LogP contribution in [0.5, 0.6) is 0 Å². The first kappa shape index (κ1) is 11.3. The van der Waals surface area contributed by atoms with Gasteiger partial charge in [0, 0.05) is 11.7 Å². The van der Waals surface area contributed by atoms with Crippen LogP contribution in [0.25, 0.3) is 0 Å². The topological polar surface area (TPSA) is 17.1 Å². The van der Waals surface area contributed by atoms with Gasteiger partial charge in [-0.25, -0.2) is 0 Å². The molecule has 0 bridgehead atoms. The molecular weight excluding hydrogens is 251 g/mol. The van der Waals surface area contributed by atoms with Crippen molar-refractivity contribution in [1.82, 2.24) is 0 Å². The van der Waals surface area contributed by atoms with Crippen molar-refractivity contribution in [3.05, 3.63) is 33.8 Å². The number of hydrogen-bond donors (Lipinski definition) is 0. The monoisotopic (exact) mass is 260 g/mol. The van der Waals surface area contributed by atoms with E-state index < -0.39 is 0 Å². The van der Waals surface area contributed by atoms with Crippen LogP contribution >= 0.6 is 35.0 Å². The van der Waals surface area contributed by atoms with Gasteiger partial charge >= 0.3 is 0 Å². The molecule has 1 aromatic rings. The highest BCUT2D eigenvalue weighted by atomic mass is 35.5. The summed E-state index contributed by atoms with van der Waals surface area (Å²) in [6.07, 6.45) is 0.780. The van der Waals surface area contributed by atoms with Crippen LogP contribution in [-0.4, -0.2) is 17.3 Å². The lowest BCUT2D eigenvalue weighted by Gasteiger charge is -2.07. The maximum absolute atomic E-state index is 11.5. The molecule has 0 aliphatic carbocycles. The van der Waals surface area contributed by atoms with Gasteiger partial charge < -0.3 is 0 Å². The van der Waals surface area contributed by atoms with E-state index in [0.29, 0.717) is 21.6 Å². The van der Waals surface area contributed by atoms with Crippen molar-refractivity contribution in [3.63, 3.8) is 0 Å². The molecule has 1 atom stereocenters. The van der Waals surface area contributed by atoms with Crippen LogP contribution in [0, 0.1) is 5.92 Å². The minimum Gasteiger partial charge on any atom is -0.298 e. The predicted octanol–water partition coefficient (Wildman–Crippen LogP) is 3.47. The standard InChI is InChI=1S/C11H10Cl2OS/c12-9-2-1-7(4-10(9)13)3-8-5-15-6-11(8)14/h1-2,4,8H,3,5-6H2. The normalized spacial score (nSPS) is 20.9. The molecule has 1 aromatic carbocycles. The Hall–Kier alpha value is -0.180. The highest BCUT2D eigenvalue weighted by Crippen LogP contribution is 2.27. The van der Waals surface area contributed by atoms with Crippen LogP contribution in [0.1, 0.15) is 5.56 Å². The van der Waals surface area contributed by atoms with Crippen molar-refractivity contribution in [3.8, 4) is 0 Å². The lowest BCUT2D eigenvalue weighted by molar-refractivity contribution is -0.119. The average Bonchev–Trinajstić information content (AvgIpc) is 2.59. The van der Waals surface area contributed by atoms with Crippen LogP contribution in [0.3, 0.4) is 0 Å². The summed E-state index contributed by atoms with van der Waals surface area (Å²) < 4.78 is 0. The zero-order chi connectivity index (χ0) is 10.8. The van der Waals surface area contributed by atoms with Gasteiger partial charge in [-0.1, -0.05) is 29.3 Å². The molecule has 1 aliphatic heterocycles. The molecule has 1 nitrogen and oxygen atoms in total. The summed E-state index contributed by atoms with van der Waals surface area (Å²) in [5.74, 6) is 2.10. The lowest BCUT2D eigenvalue weighted by atomic mass is 9.98. The molecule has 4 heteroatoms. The number of Topliss-reactive ketones (excluding diaryl/α,β-unsaturated/α-hetero) is 1. The van der Waals surface area contributed by atoms with E-state index in [1.54, 1.807) is 17.8 Å². The Labute approximate surface area is 103 Å². The van der Waals surface area contributed by atoms with E-state index >= 15 is 0 Å². The smallest absolute Gasteiger partial charge is 0.146 e. The molecule has 1 unspecified atom stereocenters. The zero-order valence-electron chi connectivity index (χ0n) is 8.00. The minimum absolute atomic E-state index is 0.159. The van der Waals surface area contributed by atoms with Crippen LogP contribution < -0.4 is 0 Å². The molecule has 0 spiro atoms. The lowest BCUT2D eigenvalue weighted by Crippen LogP contribution is -2.13. The second-order valence-electron chi connectivity index (χ2n) is 3.63. The minimum atomic E-state index is 0.159. The molecule has 0 saturated carbocycles. The van der Waals surface area contributed by atoms with Gasteiger partial charge in [0.2, 0.25) is 0 Å². The van der Waals surface area contributed by atoms with Crippen LogP contribution in [0.15, 0.2) is 18.2 Å².